The number of halogens is 4. The van der Waals surface area contributed by atoms with Crippen molar-refractivity contribution in [1.82, 2.24) is 5.32 Å². The molecule has 0 saturated carbocycles. The third-order valence-electron chi connectivity index (χ3n) is 3.62. The van der Waals surface area contributed by atoms with Crippen molar-refractivity contribution >= 4 is 27.3 Å². The van der Waals surface area contributed by atoms with Crippen LogP contribution in [0.2, 0.25) is 5.02 Å². The van der Waals surface area contributed by atoms with Crippen molar-refractivity contribution in [2.24, 2.45) is 0 Å². The lowest BCUT2D eigenvalue weighted by molar-refractivity contribution is -0.174. The molecule has 2 N–H and O–H groups in total. The summed E-state index contributed by atoms with van der Waals surface area (Å²) in [5, 5.41) is 11.8. The summed E-state index contributed by atoms with van der Waals surface area (Å²) < 4.78 is 61.9. The molecule has 0 bridgehead atoms. The van der Waals surface area contributed by atoms with E-state index < -0.39 is 33.7 Å². The topological polar surface area (TPSA) is 83.5 Å². The van der Waals surface area contributed by atoms with E-state index in [2.05, 4.69) is 0 Å². The van der Waals surface area contributed by atoms with Gasteiger partial charge in [-0.25, -0.2) is 8.42 Å². The van der Waals surface area contributed by atoms with Crippen molar-refractivity contribution in [2.75, 3.05) is 0 Å². The van der Waals surface area contributed by atoms with E-state index in [1.165, 1.54) is 43.3 Å². The monoisotopic (exact) mass is 421 g/mol. The van der Waals surface area contributed by atoms with Gasteiger partial charge in [-0.1, -0.05) is 23.7 Å². The summed E-state index contributed by atoms with van der Waals surface area (Å²) in [6.07, 6.45) is -4.89. The first-order valence-electron chi connectivity index (χ1n) is 7.61. The molecular weight excluding hydrogens is 407 g/mol. The quantitative estimate of drug-likeness (QED) is 0.774. The van der Waals surface area contributed by atoms with Crippen LogP contribution in [0.4, 0.5) is 13.2 Å². The molecular formula is C17H15ClF3NO4S. The molecule has 10 heteroatoms. The molecule has 0 aliphatic rings. The van der Waals surface area contributed by atoms with Gasteiger partial charge in [0.15, 0.2) is 0 Å². The number of phenols is 1. The van der Waals surface area contributed by atoms with E-state index in [1.807, 2.05) is 5.32 Å². The van der Waals surface area contributed by atoms with Crippen LogP contribution in [0, 0.1) is 0 Å². The van der Waals surface area contributed by atoms with Gasteiger partial charge in [-0.05, 0) is 49.2 Å². The molecule has 0 aliphatic heterocycles. The van der Waals surface area contributed by atoms with Gasteiger partial charge in [0.1, 0.15) is 10.6 Å². The Balaban J connectivity index is 2.16. The van der Waals surface area contributed by atoms with E-state index in [-0.39, 0.29) is 21.2 Å². The van der Waals surface area contributed by atoms with E-state index in [1.54, 1.807) is 0 Å². The minimum absolute atomic E-state index is 0.0777. The van der Waals surface area contributed by atoms with Gasteiger partial charge in [-0.3, -0.25) is 4.79 Å². The fourth-order valence-electron chi connectivity index (χ4n) is 2.36. The Kier molecular flexibility index (Phi) is 6.06. The van der Waals surface area contributed by atoms with Gasteiger partial charge in [0.2, 0.25) is 9.84 Å². The van der Waals surface area contributed by atoms with Crippen molar-refractivity contribution in [3.05, 3.63) is 53.1 Å². The number of rotatable bonds is 5. The fourth-order valence-corrected chi connectivity index (χ4v) is 3.86. The Hall–Kier alpha value is -2.26. The second kappa shape index (κ2) is 7.77. The summed E-state index contributed by atoms with van der Waals surface area (Å²) in [4.78, 5) is 10.5. The number of alkyl halides is 3. The Bertz CT molecular complexity index is 944. The number of hydrogen-bond acceptors (Lipinski definition) is 4. The second-order valence-electron chi connectivity index (χ2n) is 5.84. The highest BCUT2D eigenvalue weighted by atomic mass is 35.5. The van der Waals surface area contributed by atoms with E-state index >= 15 is 0 Å². The Morgan fingerprint density at radius 1 is 1.19 bits per heavy atom. The SMILES string of the molecule is CC(Cc1ccc(S(=O)(=O)c2ccc(Cl)cc2O)cc1)NC(=O)C(F)(F)F. The summed E-state index contributed by atoms with van der Waals surface area (Å²) in [6.45, 7) is 1.40. The Labute approximate surface area is 158 Å². The lowest BCUT2D eigenvalue weighted by Crippen LogP contribution is -2.42. The van der Waals surface area contributed by atoms with Crippen molar-refractivity contribution in [3.63, 3.8) is 0 Å². The third kappa shape index (κ3) is 5.14. The molecule has 1 amide bonds. The Morgan fingerprint density at radius 2 is 1.78 bits per heavy atom. The van der Waals surface area contributed by atoms with Gasteiger partial charge in [-0.2, -0.15) is 13.2 Å². The van der Waals surface area contributed by atoms with Gasteiger partial charge in [0, 0.05) is 11.1 Å². The highest BCUT2D eigenvalue weighted by Crippen LogP contribution is 2.31. The average molecular weight is 422 g/mol. The van der Waals surface area contributed by atoms with Crippen LogP contribution in [0.25, 0.3) is 0 Å². The number of phenolic OH excluding ortho intramolecular Hbond substituents is 1. The summed E-state index contributed by atoms with van der Waals surface area (Å²) >= 11 is 5.69. The third-order valence-corrected chi connectivity index (χ3v) is 5.67. The standard InChI is InChI=1S/C17H15ClF3NO4S/c1-10(22-16(24)17(19,20)21)8-11-2-5-13(6-3-11)27(25,26)15-7-4-12(18)9-14(15)23/h2-7,9-10,23H,8H2,1H3,(H,22,24). The lowest BCUT2D eigenvalue weighted by Gasteiger charge is -2.15. The normalized spacial score (nSPS) is 13.2. The van der Waals surface area contributed by atoms with E-state index in [0.717, 1.165) is 6.07 Å². The van der Waals surface area contributed by atoms with Crippen LogP contribution in [0.1, 0.15) is 12.5 Å². The molecule has 5 nitrogen and oxygen atoms in total. The van der Waals surface area contributed by atoms with E-state index in [0.29, 0.717) is 5.56 Å². The highest BCUT2D eigenvalue weighted by molar-refractivity contribution is 7.91. The second-order valence-corrected chi connectivity index (χ2v) is 8.19. The maximum atomic E-state index is 12.6. The molecule has 0 radical (unpaired) electrons. The number of hydrogen-bond donors (Lipinski definition) is 2. The van der Waals surface area contributed by atoms with Crippen molar-refractivity contribution in [1.29, 1.82) is 0 Å². The zero-order valence-electron chi connectivity index (χ0n) is 13.9. The predicted octanol–water partition coefficient (Wildman–Crippen LogP) is 3.49. The summed E-state index contributed by atoms with van der Waals surface area (Å²) in [6, 6.07) is 8.21. The minimum atomic E-state index is -4.97. The molecule has 146 valence electrons. The van der Waals surface area contributed by atoms with Gasteiger partial charge in [0.05, 0.1) is 4.90 Å². The summed E-state index contributed by atoms with van der Waals surface area (Å²) in [5.74, 6) is -2.53. The van der Waals surface area contributed by atoms with Crippen LogP contribution in [0.15, 0.2) is 52.3 Å². The number of benzene rings is 2. The van der Waals surface area contributed by atoms with Crippen LogP contribution < -0.4 is 5.32 Å². The van der Waals surface area contributed by atoms with Crippen molar-refractivity contribution in [3.8, 4) is 5.75 Å². The molecule has 1 unspecified atom stereocenters. The number of nitrogens with one attached hydrogen (secondary N) is 1. The maximum Gasteiger partial charge on any atom is 0.471 e. The molecule has 0 heterocycles. The van der Waals surface area contributed by atoms with E-state index in [4.69, 9.17) is 11.6 Å². The van der Waals surface area contributed by atoms with E-state index in [9.17, 15) is 31.5 Å². The molecule has 0 fully saturated rings. The number of amides is 1. The smallest absolute Gasteiger partial charge is 0.471 e. The zero-order chi connectivity index (χ0) is 20.4. The first kappa shape index (κ1) is 21.0. The zero-order valence-corrected chi connectivity index (χ0v) is 15.5. The molecule has 2 aromatic rings. The molecule has 0 saturated heterocycles. The molecule has 1 atom stereocenters. The first-order valence-corrected chi connectivity index (χ1v) is 9.47. The first-order chi connectivity index (χ1) is 12.4. The number of carbonyl (C=O) groups excluding carboxylic acids is 1. The molecule has 2 aromatic carbocycles. The predicted molar refractivity (Wildman–Crippen MR) is 92.4 cm³/mol. The Morgan fingerprint density at radius 3 is 2.30 bits per heavy atom. The number of aromatic hydroxyl groups is 1. The minimum Gasteiger partial charge on any atom is -0.507 e. The largest absolute Gasteiger partial charge is 0.507 e. The summed E-state index contributed by atoms with van der Waals surface area (Å²) in [5.41, 5.74) is 0.532. The van der Waals surface area contributed by atoms with Gasteiger partial charge < -0.3 is 10.4 Å². The molecule has 0 aliphatic carbocycles. The van der Waals surface area contributed by atoms with Crippen LogP contribution in [-0.4, -0.2) is 31.6 Å². The molecule has 27 heavy (non-hydrogen) atoms. The van der Waals surface area contributed by atoms with Crippen LogP contribution in [0.3, 0.4) is 0 Å². The fraction of sp³-hybridized carbons (Fsp3) is 0.235. The number of sulfone groups is 1. The van der Waals surface area contributed by atoms with Gasteiger partial charge in [0.25, 0.3) is 0 Å². The van der Waals surface area contributed by atoms with Gasteiger partial charge in [-0.15, -0.1) is 0 Å². The van der Waals surface area contributed by atoms with Gasteiger partial charge >= 0.3 is 12.1 Å². The van der Waals surface area contributed by atoms with Crippen molar-refractivity contribution < 1.29 is 31.5 Å². The van der Waals surface area contributed by atoms with Crippen LogP contribution in [0.5, 0.6) is 5.75 Å². The summed E-state index contributed by atoms with van der Waals surface area (Å²) in [7, 11) is -4.00. The van der Waals surface area contributed by atoms with Crippen LogP contribution in [-0.2, 0) is 21.1 Å². The molecule has 0 spiro atoms. The molecule has 0 aromatic heterocycles. The molecule has 2 rings (SSSR count). The highest BCUT2D eigenvalue weighted by Gasteiger charge is 2.39. The number of carbonyl (C=O) groups is 1. The lowest BCUT2D eigenvalue weighted by atomic mass is 10.1. The maximum absolute atomic E-state index is 12.6. The average Bonchev–Trinajstić information content (AvgIpc) is 2.53. The van der Waals surface area contributed by atoms with Crippen LogP contribution >= 0.6 is 11.6 Å². The van der Waals surface area contributed by atoms with Crippen molar-refractivity contribution in [2.45, 2.75) is 35.4 Å².